The number of hydrogen-bond acceptors (Lipinski definition) is 3. The molecule has 2 fully saturated rings. The van der Waals surface area contributed by atoms with E-state index in [0.29, 0.717) is 23.3 Å². The topological polar surface area (TPSA) is 43.7 Å². The Hall–Kier alpha value is -0.610. The molecule has 2 N–H and O–H groups in total. The van der Waals surface area contributed by atoms with Crippen molar-refractivity contribution in [2.75, 3.05) is 19.6 Å². The van der Waals surface area contributed by atoms with Crippen LogP contribution in [0.5, 0.6) is 0 Å². The van der Waals surface area contributed by atoms with Gasteiger partial charge in [-0.1, -0.05) is 29.8 Å². The Morgan fingerprint density at radius 1 is 1.25 bits per heavy atom. The van der Waals surface area contributed by atoms with E-state index in [-0.39, 0.29) is 6.10 Å². The number of fused-ring (bicyclic) bond motifs is 1. The molecule has 4 heteroatoms. The number of aliphatic hydroxyl groups is 2. The Morgan fingerprint density at radius 3 is 2.80 bits per heavy atom. The lowest BCUT2D eigenvalue weighted by atomic mass is 10.00. The summed E-state index contributed by atoms with van der Waals surface area (Å²) in [6, 6.07) is 7.48. The number of hydrogen-bond donors (Lipinski definition) is 2. The van der Waals surface area contributed by atoms with Gasteiger partial charge in [-0.25, -0.2) is 0 Å². The predicted octanol–water partition coefficient (Wildman–Crippen LogP) is 2.47. The van der Waals surface area contributed by atoms with Gasteiger partial charge in [-0.2, -0.15) is 0 Å². The van der Waals surface area contributed by atoms with E-state index in [2.05, 4.69) is 4.90 Å². The molecule has 1 saturated heterocycles. The van der Waals surface area contributed by atoms with Crippen LogP contribution in [0.1, 0.15) is 30.9 Å². The van der Waals surface area contributed by atoms with Gasteiger partial charge in [0.2, 0.25) is 0 Å². The van der Waals surface area contributed by atoms with Crippen LogP contribution in [-0.4, -0.2) is 40.9 Å². The summed E-state index contributed by atoms with van der Waals surface area (Å²) in [6.07, 6.45) is 2.19. The Labute approximate surface area is 125 Å². The smallest absolute Gasteiger partial charge is 0.0816 e. The van der Waals surface area contributed by atoms with Crippen molar-refractivity contribution < 1.29 is 10.2 Å². The number of aliphatic hydroxyl groups excluding tert-OH is 2. The molecule has 0 aromatic heterocycles. The number of nitrogens with zero attached hydrogens (tertiary/aromatic N) is 1. The molecule has 4 unspecified atom stereocenters. The Morgan fingerprint density at radius 2 is 2.05 bits per heavy atom. The molecule has 110 valence electrons. The SMILES string of the molecule is OC(CCN1CC2CCC(O)C2C1)c1ccccc1Cl. The summed E-state index contributed by atoms with van der Waals surface area (Å²) in [4.78, 5) is 2.37. The third-order valence-corrected chi connectivity index (χ3v) is 5.22. The molecular formula is C16H22ClNO2. The van der Waals surface area contributed by atoms with Gasteiger partial charge in [0, 0.05) is 30.6 Å². The van der Waals surface area contributed by atoms with Gasteiger partial charge < -0.3 is 15.1 Å². The number of likely N-dealkylation sites (tertiary alicyclic amines) is 1. The average molecular weight is 296 g/mol. The monoisotopic (exact) mass is 295 g/mol. The van der Waals surface area contributed by atoms with Gasteiger partial charge in [-0.3, -0.25) is 0 Å². The van der Waals surface area contributed by atoms with Crippen molar-refractivity contribution in [3.63, 3.8) is 0 Å². The first kappa shape index (κ1) is 14.3. The number of halogens is 1. The highest BCUT2D eigenvalue weighted by molar-refractivity contribution is 6.31. The van der Waals surface area contributed by atoms with Crippen LogP contribution in [0.3, 0.4) is 0 Å². The predicted molar refractivity (Wildman–Crippen MR) is 79.7 cm³/mol. The Bertz CT molecular complexity index is 468. The lowest BCUT2D eigenvalue weighted by Gasteiger charge is -2.20. The number of benzene rings is 1. The molecule has 1 heterocycles. The fraction of sp³-hybridized carbons (Fsp3) is 0.625. The molecule has 0 radical (unpaired) electrons. The summed E-state index contributed by atoms with van der Waals surface area (Å²) in [5.74, 6) is 1.11. The van der Waals surface area contributed by atoms with Crippen molar-refractivity contribution in [2.45, 2.75) is 31.5 Å². The maximum atomic E-state index is 10.3. The third kappa shape index (κ3) is 2.86. The van der Waals surface area contributed by atoms with Crippen molar-refractivity contribution in [3.05, 3.63) is 34.9 Å². The number of rotatable bonds is 4. The summed E-state index contributed by atoms with van der Waals surface area (Å²) >= 11 is 6.10. The Kier molecular flexibility index (Phi) is 4.32. The van der Waals surface area contributed by atoms with Crippen LogP contribution in [0.4, 0.5) is 0 Å². The summed E-state index contributed by atoms with van der Waals surface area (Å²) in [7, 11) is 0. The van der Waals surface area contributed by atoms with E-state index in [9.17, 15) is 10.2 Å². The van der Waals surface area contributed by atoms with Crippen molar-refractivity contribution in [1.82, 2.24) is 4.90 Å². The molecule has 1 aliphatic heterocycles. The van der Waals surface area contributed by atoms with Crippen molar-refractivity contribution in [1.29, 1.82) is 0 Å². The van der Waals surface area contributed by atoms with Crippen LogP contribution in [0.25, 0.3) is 0 Å². The van der Waals surface area contributed by atoms with Crippen LogP contribution in [0, 0.1) is 11.8 Å². The molecule has 4 atom stereocenters. The zero-order valence-corrected chi connectivity index (χ0v) is 12.3. The second kappa shape index (κ2) is 6.02. The standard InChI is InChI=1S/C16H22ClNO2/c17-14-4-2-1-3-12(14)16(20)7-8-18-9-11-5-6-15(19)13(11)10-18/h1-4,11,13,15-16,19-20H,5-10H2. The fourth-order valence-corrected chi connectivity index (χ4v) is 3.98. The van der Waals surface area contributed by atoms with E-state index in [1.54, 1.807) is 0 Å². The summed E-state index contributed by atoms with van der Waals surface area (Å²) < 4.78 is 0. The highest BCUT2D eigenvalue weighted by Gasteiger charge is 2.41. The van der Waals surface area contributed by atoms with Gasteiger partial charge in [0.1, 0.15) is 0 Å². The first-order valence-corrected chi connectivity index (χ1v) is 7.86. The molecule has 0 spiro atoms. The first-order chi connectivity index (χ1) is 9.65. The molecule has 1 aliphatic carbocycles. The molecule has 1 saturated carbocycles. The van der Waals surface area contributed by atoms with E-state index in [1.807, 2.05) is 24.3 Å². The first-order valence-electron chi connectivity index (χ1n) is 7.48. The maximum Gasteiger partial charge on any atom is 0.0816 e. The molecule has 20 heavy (non-hydrogen) atoms. The molecule has 2 aliphatic rings. The molecule has 3 rings (SSSR count). The molecule has 1 aromatic carbocycles. The molecule has 0 amide bonds. The van der Waals surface area contributed by atoms with Crippen LogP contribution in [-0.2, 0) is 0 Å². The largest absolute Gasteiger partial charge is 0.393 e. The third-order valence-electron chi connectivity index (χ3n) is 4.88. The lowest BCUT2D eigenvalue weighted by Crippen LogP contribution is -2.26. The minimum atomic E-state index is -0.505. The quantitative estimate of drug-likeness (QED) is 0.897. The second-order valence-corrected chi connectivity index (χ2v) is 6.56. The van der Waals surface area contributed by atoms with Gasteiger partial charge in [0.15, 0.2) is 0 Å². The fourth-order valence-electron chi connectivity index (χ4n) is 3.72. The van der Waals surface area contributed by atoms with Crippen LogP contribution < -0.4 is 0 Å². The van der Waals surface area contributed by atoms with Crippen molar-refractivity contribution >= 4 is 11.6 Å². The average Bonchev–Trinajstić information content (AvgIpc) is 2.99. The van der Waals surface area contributed by atoms with E-state index >= 15 is 0 Å². The maximum absolute atomic E-state index is 10.3. The summed E-state index contributed by atoms with van der Waals surface area (Å²) in [5.41, 5.74) is 0.814. The van der Waals surface area contributed by atoms with Gasteiger partial charge in [-0.05, 0) is 36.8 Å². The van der Waals surface area contributed by atoms with E-state index in [4.69, 9.17) is 11.6 Å². The summed E-state index contributed by atoms with van der Waals surface area (Å²) in [6.45, 7) is 2.91. The lowest BCUT2D eigenvalue weighted by molar-refractivity contribution is 0.117. The van der Waals surface area contributed by atoms with Gasteiger partial charge in [0.05, 0.1) is 12.2 Å². The van der Waals surface area contributed by atoms with Crippen LogP contribution in [0.2, 0.25) is 5.02 Å². The second-order valence-electron chi connectivity index (χ2n) is 6.15. The highest BCUT2D eigenvalue weighted by atomic mass is 35.5. The van der Waals surface area contributed by atoms with Gasteiger partial charge in [-0.15, -0.1) is 0 Å². The zero-order chi connectivity index (χ0) is 14.1. The minimum Gasteiger partial charge on any atom is -0.393 e. The normalized spacial score (nSPS) is 31.4. The van der Waals surface area contributed by atoms with Crippen LogP contribution >= 0.6 is 11.6 Å². The van der Waals surface area contributed by atoms with E-state index < -0.39 is 6.10 Å². The minimum absolute atomic E-state index is 0.113. The van der Waals surface area contributed by atoms with Gasteiger partial charge in [0.25, 0.3) is 0 Å². The zero-order valence-electron chi connectivity index (χ0n) is 11.6. The van der Waals surface area contributed by atoms with Gasteiger partial charge >= 0.3 is 0 Å². The Balaban J connectivity index is 1.52. The van der Waals surface area contributed by atoms with Crippen molar-refractivity contribution in [2.24, 2.45) is 11.8 Å². The molecule has 3 nitrogen and oxygen atoms in total. The van der Waals surface area contributed by atoms with Crippen LogP contribution in [0.15, 0.2) is 24.3 Å². The van der Waals surface area contributed by atoms with E-state index in [0.717, 1.165) is 38.0 Å². The molecular weight excluding hydrogens is 274 g/mol. The summed E-state index contributed by atoms with van der Waals surface area (Å²) in [5, 5.41) is 20.8. The van der Waals surface area contributed by atoms with Crippen molar-refractivity contribution in [3.8, 4) is 0 Å². The highest BCUT2D eigenvalue weighted by Crippen LogP contribution is 2.38. The van der Waals surface area contributed by atoms with E-state index in [1.165, 1.54) is 0 Å². The molecule has 1 aromatic rings. The molecule has 0 bridgehead atoms.